The number of hydrogen-bond donors (Lipinski definition) is 1. The average molecular weight is 399 g/mol. The Morgan fingerprint density at radius 3 is 2.93 bits per heavy atom. The Bertz CT molecular complexity index is 1060. The topological polar surface area (TPSA) is 91.1 Å². The van der Waals surface area contributed by atoms with E-state index in [0.29, 0.717) is 29.3 Å². The number of rotatable bonds is 5. The average Bonchev–Trinajstić information content (AvgIpc) is 2.81. The van der Waals surface area contributed by atoms with Gasteiger partial charge in [0.2, 0.25) is 5.91 Å². The van der Waals surface area contributed by atoms with Crippen molar-refractivity contribution in [2.45, 2.75) is 12.8 Å². The van der Waals surface area contributed by atoms with Crippen molar-refractivity contribution in [3.63, 3.8) is 0 Å². The highest BCUT2D eigenvalue weighted by Gasteiger charge is 2.27. The van der Waals surface area contributed by atoms with E-state index in [0.717, 1.165) is 25.2 Å². The van der Waals surface area contributed by atoms with Crippen LogP contribution in [0.5, 0.6) is 11.5 Å². The molecule has 1 saturated heterocycles. The second-order valence-electron chi connectivity index (χ2n) is 7.08. The van der Waals surface area contributed by atoms with Crippen LogP contribution in [0.25, 0.3) is 0 Å². The standard InChI is InChI=1S/C23H21N5O2/c24-14-17-9-11-26-22(13-17)28-12-4-5-18(16-28)23(29)27-20-7-1-2-8-21(20)30-19-6-3-10-25-15-19/h1-3,6-11,13,15,18H,4-5,12,16H2,(H,27,29)/t18-/m0/s1. The predicted molar refractivity (Wildman–Crippen MR) is 113 cm³/mol. The van der Waals surface area contributed by atoms with E-state index in [9.17, 15) is 4.79 Å². The molecular formula is C23H21N5O2. The fraction of sp³-hybridized carbons (Fsp3) is 0.217. The molecule has 0 saturated carbocycles. The van der Waals surface area contributed by atoms with Crippen LogP contribution in [0.4, 0.5) is 11.5 Å². The van der Waals surface area contributed by atoms with E-state index in [2.05, 4.69) is 26.3 Å². The number of aromatic nitrogens is 2. The summed E-state index contributed by atoms with van der Waals surface area (Å²) in [5.74, 6) is 1.66. The van der Waals surface area contributed by atoms with Gasteiger partial charge in [0.15, 0.2) is 5.75 Å². The molecule has 30 heavy (non-hydrogen) atoms. The molecule has 4 rings (SSSR count). The Hall–Kier alpha value is -3.92. The largest absolute Gasteiger partial charge is 0.454 e. The van der Waals surface area contributed by atoms with Crippen molar-refractivity contribution in [1.29, 1.82) is 5.26 Å². The zero-order valence-corrected chi connectivity index (χ0v) is 16.4. The van der Waals surface area contributed by atoms with Gasteiger partial charge in [-0.2, -0.15) is 5.26 Å². The van der Waals surface area contributed by atoms with Crippen molar-refractivity contribution in [3.8, 4) is 17.6 Å². The molecule has 1 atom stereocenters. The van der Waals surface area contributed by atoms with E-state index in [-0.39, 0.29) is 11.8 Å². The number of carbonyl (C=O) groups is 1. The molecule has 150 valence electrons. The van der Waals surface area contributed by atoms with Crippen molar-refractivity contribution >= 4 is 17.4 Å². The number of nitrogens with zero attached hydrogens (tertiary/aromatic N) is 4. The lowest BCUT2D eigenvalue weighted by molar-refractivity contribution is -0.120. The van der Waals surface area contributed by atoms with Gasteiger partial charge in [-0.05, 0) is 49.2 Å². The maximum Gasteiger partial charge on any atom is 0.229 e. The van der Waals surface area contributed by atoms with Gasteiger partial charge in [0, 0.05) is 25.5 Å². The van der Waals surface area contributed by atoms with Crippen LogP contribution in [0.1, 0.15) is 18.4 Å². The third kappa shape index (κ3) is 4.55. The van der Waals surface area contributed by atoms with Crippen LogP contribution in [0.2, 0.25) is 0 Å². The molecule has 3 heterocycles. The summed E-state index contributed by atoms with van der Waals surface area (Å²) in [6.45, 7) is 1.37. The minimum atomic E-state index is -0.183. The summed E-state index contributed by atoms with van der Waals surface area (Å²) in [5.41, 5.74) is 1.18. The van der Waals surface area contributed by atoms with Crippen LogP contribution >= 0.6 is 0 Å². The number of nitrogens with one attached hydrogen (secondary N) is 1. The summed E-state index contributed by atoms with van der Waals surface area (Å²) in [4.78, 5) is 23.5. The first kappa shape index (κ1) is 19.4. The van der Waals surface area contributed by atoms with Gasteiger partial charge in [-0.25, -0.2) is 4.98 Å². The monoisotopic (exact) mass is 399 g/mol. The van der Waals surface area contributed by atoms with E-state index >= 15 is 0 Å². The Morgan fingerprint density at radius 1 is 1.20 bits per heavy atom. The summed E-state index contributed by atoms with van der Waals surface area (Å²) in [6, 6.07) is 16.5. The summed E-state index contributed by atoms with van der Waals surface area (Å²) in [6.07, 6.45) is 6.61. The molecule has 2 aromatic heterocycles. The van der Waals surface area contributed by atoms with E-state index in [1.165, 1.54) is 0 Å². The van der Waals surface area contributed by atoms with Crippen molar-refractivity contribution in [3.05, 3.63) is 72.7 Å². The van der Waals surface area contributed by atoms with Gasteiger partial charge < -0.3 is 15.0 Å². The number of para-hydroxylation sites is 2. The number of benzene rings is 1. The maximum absolute atomic E-state index is 13.0. The molecule has 1 amide bonds. The zero-order chi connectivity index (χ0) is 20.8. The minimum Gasteiger partial charge on any atom is -0.454 e. The number of piperidine rings is 1. The molecule has 1 aromatic carbocycles. The smallest absolute Gasteiger partial charge is 0.229 e. The lowest BCUT2D eigenvalue weighted by atomic mass is 9.97. The van der Waals surface area contributed by atoms with Crippen LogP contribution < -0.4 is 15.0 Å². The van der Waals surface area contributed by atoms with Crippen LogP contribution in [-0.4, -0.2) is 29.0 Å². The zero-order valence-electron chi connectivity index (χ0n) is 16.4. The number of nitriles is 1. The lowest BCUT2D eigenvalue weighted by Gasteiger charge is -2.33. The van der Waals surface area contributed by atoms with E-state index in [1.54, 1.807) is 36.8 Å². The van der Waals surface area contributed by atoms with Gasteiger partial charge in [0.25, 0.3) is 0 Å². The maximum atomic E-state index is 13.0. The van der Waals surface area contributed by atoms with Gasteiger partial charge in [-0.1, -0.05) is 12.1 Å². The molecule has 0 aliphatic carbocycles. The van der Waals surface area contributed by atoms with Gasteiger partial charge in [-0.15, -0.1) is 0 Å². The molecule has 7 nitrogen and oxygen atoms in total. The second-order valence-corrected chi connectivity index (χ2v) is 7.08. The highest BCUT2D eigenvalue weighted by Crippen LogP contribution is 2.30. The predicted octanol–water partition coefficient (Wildman–Crippen LogP) is 4.00. The Labute approximate surface area is 175 Å². The molecule has 1 fully saturated rings. The van der Waals surface area contributed by atoms with Crippen LogP contribution in [0.15, 0.2) is 67.1 Å². The van der Waals surface area contributed by atoms with Crippen molar-refractivity contribution < 1.29 is 9.53 Å². The van der Waals surface area contributed by atoms with Crippen molar-refractivity contribution in [2.75, 3.05) is 23.3 Å². The van der Waals surface area contributed by atoms with Gasteiger partial charge >= 0.3 is 0 Å². The molecule has 0 radical (unpaired) electrons. The highest BCUT2D eigenvalue weighted by atomic mass is 16.5. The SMILES string of the molecule is N#Cc1ccnc(N2CCC[C@H](C(=O)Nc3ccccc3Oc3cccnc3)C2)c1. The molecule has 0 unspecified atom stereocenters. The number of pyridine rings is 2. The van der Waals surface area contributed by atoms with Crippen molar-refractivity contribution in [1.82, 2.24) is 9.97 Å². The number of amides is 1. The first-order valence-corrected chi connectivity index (χ1v) is 9.82. The molecule has 1 aliphatic heterocycles. The number of anilines is 2. The molecular weight excluding hydrogens is 378 g/mol. The Morgan fingerprint density at radius 2 is 2.10 bits per heavy atom. The quantitative estimate of drug-likeness (QED) is 0.697. The van der Waals surface area contributed by atoms with Crippen LogP contribution in [-0.2, 0) is 4.79 Å². The fourth-order valence-corrected chi connectivity index (χ4v) is 3.49. The lowest BCUT2D eigenvalue weighted by Crippen LogP contribution is -2.41. The highest BCUT2D eigenvalue weighted by molar-refractivity contribution is 5.94. The Balaban J connectivity index is 1.46. The van der Waals surface area contributed by atoms with E-state index < -0.39 is 0 Å². The van der Waals surface area contributed by atoms with Gasteiger partial charge in [-0.3, -0.25) is 9.78 Å². The molecule has 0 spiro atoms. The molecule has 1 N–H and O–H groups in total. The van der Waals surface area contributed by atoms with Crippen molar-refractivity contribution in [2.24, 2.45) is 5.92 Å². The first-order valence-electron chi connectivity index (χ1n) is 9.82. The summed E-state index contributed by atoms with van der Waals surface area (Å²) in [7, 11) is 0. The third-order valence-corrected chi connectivity index (χ3v) is 5.00. The second kappa shape index (κ2) is 9.05. The van der Waals surface area contributed by atoms with E-state index in [1.807, 2.05) is 30.3 Å². The summed E-state index contributed by atoms with van der Waals surface area (Å²) >= 11 is 0. The van der Waals surface area contributed by atoms with E-state index in [4.69, 9.17) is 10.00 Å². The summed E-state index contributed by atoms with van der Waals surface area (Å²) < 4.78 is 5.89. The molecule has 3 aromatic rings. The minimum absolute atomic E-state index is 0.0571. The molecule has 0 bridgehead atoms. The number of ether oxygens (including phenoxy) is 1. The van der Waals surface area contributed by atoms with Crippen LogP contribution in [0.3, 0.4) is 0 Å². The number of hydrogen-bond acceptors (Lipinski definition) is 6. The van der Waals surface area contributed by atoms with Gasteiger partial charge in [0.1, 0.15) is 11.6 Å². The van der Waals surface area contributed by atoms with Crippen LogP contribution in [0, 0.1) is 17.2 Å². The molecule has 7 heteroatoms. The molecule has 1 aliphatic rings. The number of carbonyl (C=O) groups excluding carboxylic acids is 1. The Kier molecular flexibility index (Phi) is 5.85. The third-order valence-electron chi connectivity index (χ3n) is 5.00. The normalized spacial score (nSPS) is 15.8. The first-order chi connectivity index (χ1) is 14.7. The fourth-order valence-electron chi connectivity index (χ4n) is 3.49. The summed E-state index contributed by atoms with van der Waals surface area (Å²) in [5, 5.41) is 12.1. The van der Waals surface area contributed by atoms with Gasteiger partial charge in [0.05, 0.1) is 29.4 Å².